The molecular weight excluding hydrogens is 312 g/mol. The molecule has 5 nitrogen and oxygen atoms in total. The van der Waals surface area contributed by atoms with Gasteiger partial charge in [0.25, 0.3) is 5.91 Å². The van der Waals surface area contributed by atoms with Crippen molar-refractivity contribution in [3.05, 3.63) is 59.7 Å². The third-order valence-corrected chi connectivity index (χ3v) is 4.09. The second kappa shape index (κ2) is 8.36. The van der Waals surface area contributed by atoms with Crippen LogP contribution in [0.25, 0.3) is 0 Å². The Morgan fingerprint density at radius 1 is 1.17 bits per heavy atom. The first kappa shape index (κ1) is 17.1. The summed E-state index contributed by atoms with van der Waals surface area (Å²) in [5, 5.41) is 2.86. The van der Waals surface area contributed by atoms with Crippen LogP contribution in [0.3, 0.4) is 0 Å². The largest absolute Gasteiger partial charge is 0.380 e. The number of carbonyl (C=O) groups excluding carboxylic acids is 2. The summed E-state index contributed by atoms with van der Waals surface area (Å²) in [7, 11) is 1.62. The highest BCUT2D eigenvalue weighted by atomic mass is 32.2. The molecule has 2 aromatic carbocycles. The average molecular weight is 330 g/mol. The molecule has 2 rings (SSSR count). The fourth-order valence-corrected chi connectivity index (χ4v) is 2.82. The van der Waals surface area contributed by atoms with E-state index < -0.39 is 5.91 Å². The normalized spacial score (nSPS) is 10.3. The lowest BCUT2D eigenvalue weighted by Crippen LogP contribution is -2.15. The Bertz CT molecular complexity index is 704. The van der Waals surface area contributed by atoms with Gasteiger partial charge in [-0.1, -0.05) is 24.3 Å². The van der Waals surface area contributed by atoms with Gasteiger partial charge in [-0.25, -0.2) is 0 Å². The Hall–Kier alpha value is -2.31. The van der Waals surface area contributed by atoms with Crippen LogP contribution in [-0.2, 0) is 16.1 Å². The van der Waals surface area contributed by atoms with Gasteiger partial charge in [0, 0.05) is 17.7 Å². The van der Waals surface area contributed by atoms with Crippen LogP contribution in [0.2, 0.25) is 0 Å². The summed E-state index contributed by atoms with van der Waals surface area (Å²) in [6, 6.07) is 14.6. The zero-order valence-electron chi connectivity index (χ0n) is 12.7. The van der Waals surface area contributed by atoms with Gasteiger partial charge in [0.15, 0.2) is 0 Å². The minimum Gasteiger partial charge on any atom is -0.380 e. The highest BCUT2D eigenvalue weighted by Crippen LogP contribution is 2.23. The first-order valence-electron chi connectivity index (χ1n) is 6.99. The Morgan fingerprint density at radius 3 is 2.70 bits per heavy atom. The number of hydrogen-bond acceptors (Lipinski definition) is 4. The number of nitrogens with one attached hydrogen (secondary N) is 1. The van der Waals surface area contributed by atoms with Gasteiger partial charge in [-0.2, -0.15) is 0 Å². The first-order valence-corrected chi connectivity index (χ1v) is 7.98. The molecule has 3 N–H and O–H groups in total. The number of carbonyl (C=O) groups is 2. The number of primary amides is 1. The lowest BCUT2D eigenvalue weighted by molar-refractivity contribution is -0.115. The van der Waals surface area contributed by atoms with Crippen LogP contribution in [0.15, 0.2) is 53.4 Å². The lowest BCUT2D eigenvalue weighted by atomic mass is 10.2. The van der Waals surface area contributed by atoms with Crippen LogP contribution in [0.1, 0.15) is 15.9 Å². The highest BCUT2D eigenvalue weighted by molar-refractivity contribution is 8.00. The van der Waals surface area contributed by atoms with E-state index in [1.165, 1.54) is 11.8 Å². The summed E-state index contributed by atoms with van der Waals surface area (Å²) in [5.41, 5.74) is 7.34. The van der Waals surface area contributed by atoms with Crippen LogP contribution in [0.5, 0.6) is 0 Å². The molecule has 0 radical (unpaired) electrons. The van der Waals surface area contributed by atoms with Gasteiger partial charge in [0.05, 0.1) is 17.9 Å². The number of thioether (sulfide) groups is 1. The molecule has 2 aromatic rings. The lowest BCUT2D eigenvalue weighted by Gasteiger charge is -2.10. The van der Waals surface area contributed by atoms with Crippen LogP contribution in [-0.4, -0.2) is 24.7 Å². The minimum atomic E-state index is -0.419. The van der Waals surface area contributed by atoms with Gasteiger partial charge < -0.3 is 15.8 Å². The van der Waals surface area contributed by atoms with Crippen LogP contribution in [0, 0.1) is 0 Å². The van der Waals surface area contributed by atoms with E-state index in [-0.39, 0.29) is 11.7 Å². The zero-order valence-corrected chi connectivity index (χ0v) is 13.6. The molecule has 0 aliphatic carbocycles. The molecule has 6 heteroatoms. The maximum Gasteiger partial charge on any atom is 0.256 e. The predicted octanol–water partition coefficient (Wildman–Crippen LogP) is 2.66. The molecule has 0 bridgehead atoms. The molecule has 0 spiro atoms. The van der Waals surface area contributed by atoms with E-state index in [0.29, 0.717) is 17.9 Å². The molecule has 0 saturated carbocycles. The SMILES string of the molecule is COCc1cccc(NC(=O)c2ccccc2SCC(N)=O)c1. The molecule has 23 heavy (non-hydrogen) atoms. The molecule has 0 aliphatic rings. The van der Waals surface area contributed by atoms with Crippen LogP contribution in [0.4, 0.5) is 5.69 Å². The van der Waals surface area contributed by atoms with E-state index in [9.17, 15) is 9.59 Å². The van der Waals surface area contributed by atoms with Gasteiger partial charge in [-0.3, -0.25) is 9.59 Å². The molecule has 0 saturated heterocycles. The number of nitrogens with two attached hydrogens (primary N) is 1. The van der Waals surface area contributed by atoms with Crippen molar-refractivity contribution in [2.75, 3.05) is 18.2 Å². The van der Waals surface area contributed by atoms with Crippen molar-refractivity contribution < 1.29 is 14.3 Å². The van der Waals surface area contributed by atoms with Crippen molar-refractivity contribution in [1.82, 2.24) is 0 Å². The second-order valence-electron chi connectivity index (χ2n) is 4.84. The fourth-order valence-electron chi connectivity index (χ4n) is 2.03. The Morgan fingerprint density at radius 2 is 1.96 bits per heavy atom. The highest BCUT2D eigenvalue weighted by Gasteiger charge is 2.12. The number of rotatable bonds is 7. The van der Waals surface area contributed by atoms with Crippen molar-refractivity contribution in [2.45, 2.75) is 11.5 Å². The molecule has 0 fully saturated rings. The number of methoxy groups -OCH3 is 1. The van der Waals surface area contributed by atoms with E-state index in [1.54, 1.807) is 25.3 Å². The number of hydrogen-bond donors (Lipinski definition) is 2. The summed E-state index contributed by atoms with van der Waals surface area (Å²) in [5.74, 6) is -0.516. The second-order valence-corrected chi connectivity index (χ2v) is 5.86. The van der Waals surface area contributed by atoms with E-state index in [4.69, 9.17) is 10.5 Å². The van der Waals surface area contributed by atoms with E-state index >= 15 is 0 Å². The average Bonchev–Trinajstić information content (AvgIpc) is 2.54. The molecule has 0 aliphatic heterocycles. The molecule has 0 heterocycles. The van der Waals surface area contributed by atoms with Crippen LogP contribution < -0.4 is 11.1 Å². The quantitative estimate of drug-likeness (QED) is 0.765. The molecular formula is C17H18N2O3S. The van der Waals surface area contributed by atoms with Crippen molar-refractivity contribution in [3.63, 3.8) is 0 Å². The maximum absolute atomic E-state index is 12.5. The van der Waals surface area contributed by atoms with E-state index in [1.807, 2.05) is 30.3 Å². The smallest absolute Gasteiger partial charge is 0.256 e. The van der Waals surface area contributed by atoms with Crippen molar-refractivity contribution in [3.8, 4) is 0 Å². The Kier molecular flexibility index (Phi) is 6.19. The van der Waals surface area contributed by atoms with Crippen molar-refractivity contribution >= 4 is 29.3 Å². The van der Waals surface area contributed by atoms with Gasteiger partial charge in [0.2, 0.25) is 5.91 Å². The molecule has 120 valence electrons. The molecule has 0 unspecified atom stereocenters. The maximum atomic E-state index is 12.5. The predicted molar refractivity (Wildman–Crippen MR) is 91.5 cm³/mol. The fraction of sp³-hybridized carbons (Fsp3) is 0.176. The standard InChI is InChI=1S/C17H18N2O3S/c1-22-10-12-5-4-6-13(9-12)19-17(21)14-7-2-3-8-15(14)23-11-16(18)20/h2-9H,10-11H2,1H3,(H2,18,20)(H,19,21). The van der Waals surface area contributed by atoms with Crippen molar-refractivity contribution in [1.29, 1.82) is 0 Å². The summed E-state index contributed by atoms with van der Waals surface area (Å²) < 4.78 is 5.09. The summed E-state index contributed by atoms with van der Waals surface area (Å²) >= 11 is 1.25. The third-order valence-electron chi connectivity index (χ3n) is 3.00. The van der Waals surface area contributed by atoms with E-state index in [0.717, 1.165) is 10.5 Å². The molecule has 2 amide bonds. The summed E-state index contributed by atoms with van der Waals surface area (Å²) in [6.07, 6.45) is 0. The number of ether oxygens (including phenoxy) is 1. The number of anilines is 1. The van der Waals surface area contributed by atoms with Crippen LogP contribution >= 0.6 is 11.8 Å². The minimum absolute atomic E-state index is 0.133. The van der Waals surface area contributed by atoms with Gasteiger partial charge >= 0.3 is 0 Å². The molecule has 0 atom stereocenters. The topological polar surface area (TPSA) is 81.4 Å². The Balaban J connectivity index is 2.14. The van der Waals surface area contributed by atoms with Crippen molar-refractivity contribution in [2.24, 2.45) is 5.73 Å². The monoisotopic (exact) mass is 330 g/mol. The third kappa shape index (κ3) is 5.12. The zero-order chi connectivity index (χ0) is 16.7. The summed E-state index contributed by atoms with van der Waals surface area (Å²) in [6.45, 7) is 0.481. The van der Waals surface area contributed by atoms with Gasteiger partial charge in [0.1, 0.15) is 0 Å². The Labute approximate surface area is 139 Å². The summed E-state index contributed by atoms with van der Waals surface area (Å²) in [4.78, 5) is 24.1. The first-order chi connectivity index (χ1) is 11.1. The van der Waals surface area contributed by atoms with Gasteiger partial charge in [-0.05, 0) is 29.8 Å². The molecule has 0 aromatic heterocycles. The van der Waals surface area contributed by atoms with E-state index in [2.05, 4.69) is 5.32 Å². The van der Waals surface area contributed by atoms with Gasteiger partial charge in [-0.15, -0.1) is 11.8 Å². The number of benzene rings is 2. The number of amides is 2.